The fraction of sp³-hybridized carbons (Fsp3) is 0.273. The van der Waals surface area contributed by atoms with Crippen molar-refractivity contribution in [2.45, 2.75) is 31.7 Å². The number of aldehydes is 1. The first kappa shape index (κ1) is 19.3. The number of benzene rings is 2. The van der Waals surface area contributed by atoms with E-state index in [0.717, 1.165) is 12.8 Å². The van der Waals surface area contributed by atoms with Gasteiger partial charge in [0.25, 0.3) is 0 Å². The van der Waals surface area contributed by atoms with E-state index in [-0.39, 0.29) is 23.5 Å². The Kier molecular flexibility index (Phi) is 4.72. The number of nitrogens with zero attached hydrogens (tertiary/aromatic N) is 5. The van der Waals surface area contributed by atoms with Gasteiger partial charge in [-0.25, -0.2) is 13.8 Å². The fourth-order valence-electron chi connectivity index (χ4n) is 4.19. The Balaban J connectivity index is 1.57. The zero-order valence-electron chi connectivity index (χ0n) is 16.7. The van der Waals surface area contributed by atoms with E-state index < -0.39 is 5.82 Å². The molecule has 5 rings (SSSR count). The molecule has 1 saturated heterocycles. The van der Waals surface area contributed by atoms with Crippen molar-refractivity contribution in [3.8, 4) is 5.69 Å². The summed E-state index contributed by atoms with van der Waals surface area (Å²) in [6.45, 7) is 2.43. The molecule has 0 bridgehead atoms. The maximum atomic E-state index is 15.2. The predicted octanol–water partition coefficient (Wildman–Crippen LogP) is 4.27. The third-order valence-electron chi connectivity index (χ3n) is 5.76. The van der Waals surface area contributed by atoms with Crippen LogP contribution in [-0.2, 0) is 0 Å². The van der Waals surface area contributed by atoms with Crippen LogP contribution in [0.5, 0.6) is 0 Å². The van der Waals surface area contributed by atoms with E-state index in [0.29, 0.717) is 41.1 Å². The monoisotopic (exact) mass is 423 g/mol. The maximum Gasteiger partial charge on any atom is 0.200 e. The van der Waals surface area contributed by atoms with Gasteiger partial charge in [0.1, 0.15) is 28.5 Å². The number of aromatic nitrogens is 4. The van der Waals surface area contributed by atoms with Gasteiger partial charge in [-0.15, -0.1) is 4.80 Å². The zero-order chi connectivity index (χ0) is 21.5. The van der Waals surface area contributed by atoms with E-state index in [9.17, 15) is 9.18 Å². The molecule has 31 heavy (non-hydrogen) atoms. The van der Waals surface area contributed by atoms with Crippen LogP contribution in [0.3, 0.4) is 0 Å². The van der Waals surface area contributed by atoms with Gasteiger partial charge in [0, 0.05) is 24.2 Å². The van der Waals surface area contributed by atoms with Gasteiger partial charge >= 0.3 is 0 Å². The van der Waals surface area contributed by atoms with Gasteiger partial charge in [-0.2, -0.15) is 10.2 Å². The molecule has 0 N–H and O–H groups in total. The predicted molar refractivity (Wildman–Crippen MR) is 109 cm³/mol. The summed E-state index contributed by atoms with van der Waals surface area (Å²) in [5.41, 5.74) is 1.82. The normalized spacial score (nSPS) is 19.1. The van der Waals surface area contributed by atoms with Gasteiger partial charge in [-0.05, 0) is 44.0 Å². The van der Waals surface area contributed by atoms with Crippen molar-refractivity contribution < 1.29 is 18.0 Å². The highest BCUT2D eigenvalue weighted by atomic mass is 19.1. The average molecular weight is 423 g/mol. The number of hydrogen-bond acceptors (Lipinski definition) is 6. The Hall–Kier alpha value is -3.62. The molecular weight excluding hydrogens is 404 g/mol. The summed E-state index contributed by atoms with van der Waals surface area (Å²) in [4.78, 5) is 19.3. The standard InChI is InChI=1S/C22H19F2N5O2/c1-13-2-3-14(22-27-18-10-16(23)5-7-19(18)31-22)11-28(13)21-17(24)6-4-15(12-30)20(21)29-25-8-9-26-29/h4-10,12-14H,2-3,11H2,1H3/t13-,14-/m1/s1. The van der Waals surface area contributed by atoms with Gasteiger partial charge in [0.05, 0.1) is 18.3 Å². The van der Waals surface area contributed by atoms with E-state index in [4.69, 9.17) is 4.42 Å². The number of fused-ring (bicyclic) bond motifs is 1. The first-order chi connectivity index (χ1) is 15.0. The van der Waals surface area contributed by atoms with Crippen LogP contribution in [0.25, 0.3) is 16.8 Å². The number of halogens is 2. The molecule has 0 spiro atoms. The van der Waals surface area contributed by atoms with E-state index in [1.807, 2.05) is 11.8 Å². The smallest absolute Gasteiger partial charge is 0.200 e. The molecule has 0 aliphatic carbocycles. The minimum absolute atomic E-state index is 0.00351. The average Bonchev–Trinajstić information content (AvgIpc) is 3.44. The van der Waals surface area contributed by atoms with Crippen LogP contribution >= 0.6 is 0 Å². The lowest BCUT2D eigenvalue weighted by Crippen LogP contribution is -2.42. The van der Waals surface area contributed by atoms with Crippen molar-refractivity contribution in [3.63, 3.8) is 0 Å². The summed E-state index contributed by atoms with van der Waals surface area (Å²) in [7, 11) is 0. The van der Waals surface area contributed by atoms with Crippen LogP contribution in [0.4, 0.5) is 14.5 Å². The van der Waals surface area contributed by atoms with Gasteiger partial charge in [0.15, 0.2) is 17.8 Å². The molecule has 1 aliphatic rings. The molecule has 158 valence electrons. The van der Waals surface area contributed by atoms with Gasteiger partial charge in [-0.3, -0.25) is 4.79 Å². The summed E-state index contributed by atoms with van der Waals surface area (Å²) in [5, 5.41) is 8.24. The number of carbonyl (C=O) groups is 1. The van der Waals surface area contributed by atoms with E-state index in [1.54, 1.807) is 6.07 Å². The second-order valence-corrected chi connectivity index (χ2v) is 7.71. The van der Waals surface area contributed by atoms with E-state index in [1.165, 1.54) is 41.5 Å². The van der Waals surface area contributed by atoms with E-state index in [2.05, 4.69) is 15.2 Å². The molecule has 2 aromatic heterocycles. The van der Waals surface area contributed by atoms with E-state index >= 15 is 4.39 Å². The Morgan fingerprint density at radius 3 is 2.68 bits per heavy atom. The molecule has 2 atom stereocenters. The number of anilines is 1. The van der Waals surface area contributed by atoms with Crippen LogP contribution in [-0.4, -0.2) is 38.9 Å². The van der Waals surface area contributed by atoms with Gasteiger partial charge < -0.3 is 9.32 Å². The number of oxazole rings is 1. The molecule has 0 unspecified atom stereocenters. The molecule has 4 aromatic rings. The number of piperidine rings is 1. The second kappa shape index (κ2) is 7.57. The Morgan fingerprint density at radius 2 is 1.90 bits per heavy atom. The molecule has 7 nitrogen and oxygen atoms in total. The third-order valence-corrected chi connectivity index (χ3v) is 5.76. The molecule has 9 heteroatoms. The third kappa shape index (κ3) is 3.35. The Bertz CT molecular complexity index is 1250. The Morgan fingerprint density at radius 1 is 1.10 bits per heavy atom. The van der Waals surface area contributed by atoms with Crippen molar-refractivity contribution in [1.82, 2.24) is 20.0 Å². The number of carbonyl (C=O) groups excluding carboxylic acids is 1. The highest BCUT2D eigenvalue weighted by Crippen LogP contribution is 2.38. The summed E-state index contributed by atoms with van der Waals surface area (Å²) in [6, 6.07) is 6.93. The minimum Gasteiger partial charge on any atom is -0.440 e. The first-order valence-corrected chi connectivity index (χ1v) is 10.0. The number of hydrogen-bond donors (Lipinski definition) is 0. The van der Waals surface area contributed by atoms with Crippen LogP contribution in [0.2, 0.25) is 0 Å². The minimum atomic E-state index is -0.468. The molecule has 3 heterocycles. The molecule has 1 fully saturated rings. The quantitative estimate of drug-likeness (QED) is 0.456. The molecule has 0 saturated carbocycles. The Labute approximate surface area is 176 Å². The van der Waals surface area contributed by atoms with Gasteiger partial charge in [0.2, 0.25) is 0 Å². The van der Waals surface area contributed by atoms with Gasteiger partial charge in [-0.1, -0.05) is 0 Å². The first-order valence-electron chi connectivity index (χ1n) is 10.0. The lowest BCUT2D eigenvalue weighted by atomic mass is 9.92. The number of rotatable bonds is 4. The highest BCUT2D eigenvalue weighted by molar-refractivity contribution is 5.86. The highest BCUT2D eigenvalue weighted by Gasteiger charge is 2.33. The largest absolute Gasteiger partial charge is 0.440 e. The van der Waals surface area contributed by atoms with Crippen molar-refractivity contribution in [2.75, 3.05) is 11.4 Å². The van der Waals surface area contributed by atoms with Crippen LogP contribution in [0.15, 0.2) is 47.1 Å². The van der Waals surface area contributed by atoms with Crippen molar-refractivity contribution in [3.05, 3.63) is 65.8 Å². The maximum absolute atomic E-state index is 15.2. The summed E-state index contributed by atoms with van der Waals surface area (Å²) in [6.07, 6.45) is 5.17. The van der Waals surface area contributed by atoms with Crippen molar-refractivity contribution in [1.29, 1.82) is 0 Å². The lowest BCUT2D eigenvalue weighted by Gasteiger charge is -2.39. The summed E-state index contributed by atoms with van der Waals surface area (Å²) < 4.78 is 34.6. The molecule has 0 radical (unpaired) electrons. The molecule has 1 aliphatic heterocycles. The van der Waals surface area contributed by atoms with Crippen molar-refractivity contribution >= 4 is 23.1 Å². The summed E-state index contributed by atoms with van der Waals surface area (Å²) >= 11 is 0. The van der Waals surface area contributed by atoms with Crippen LogP contribution in [0, 0.1) is 11.6 Å². The molecular formula is C22H19F2N5O2. The van der Waals surface area contributed by atoms with Crippen LogP contribution < -0.4 is 4.90 Å². The zero-order valence-corrected chi connectivity index (χ0v) is 16.7. The fourth-order valence-corrected chi connectivity index (χ4v) is 4.19. The molecule has 0 amide bonds. The lowest BCUT2D eigenvalue weighted by molar-refractivity contribution is 0.112. The van der Waals surface area contributed by atoms with Crippen LogP contribution in [0.1, 0.15) is 41.9 Å². The SMILES string of the molecule is C[C@@H]1CC[C@@H](c2nc3cc(F)ccc3o2)CN1c1c(F)ccc(C=O)c1-n1nccn1. The van der Waals surface area contributed by atoms with Crippen molar-refractivity contribution in [2.24, 2.45) is 0 Å². The second-order valence-electron chi connectivity index (χ2n) is 7.71. The summed E-state index contributed by atoms with van der Waals surface area (Å²) in [5.74, 6) is -0.479. The topological polar surface area (TPSA) is 77.0 Å². The molecule has 2 aromatic carbocycles.